The molecule has 2 heterocycles. The van der Waals surface area contributed by atoms with Gasteiger partial charge in [-0.05, 0) is 108 Å². The van der Waals surface area contributed by atoms with Gasteiger partial charge in [-0.3, -0.25) is 29.0 Å². The predicted octanol–water partition coefficient (Wildman–Crippen LogP) is 8.81. The Morgan fingerprint density at radius 1 is 0.540 bits per heavy atom. The number of ether oxygens (including phenoxy) is 4. The molecule has 63 heavy (non-hydrogen) atoms. The molecule has 6 atom stereocenters. The molecule has 4 amide bonds. The lowest BCUT2D eigenvalue weighted by atomic mass is 9.57. The molecular formula is C52H46N2O9. The molecule has 0 radical (unpaired) electrons. The molecule has 0 aromatic heterocycles. The molecule has 4 aliphatic rings. The van der Waals surface area contributed by atoms with Crippen LogP contribution < -0.4 is 28.7 Å². The number of anilines is 2. The number of allylic oxidation sites excluding steroid dienone is 2. The minimum absolute atomic E-state index is 0.0310. The molecular weight excluding hydrogens is 797 g/mol. The molecule has 2 saturated heterocycles. The number of aromatic hydroxyl groups is 1. The molecule has 5 aromatic carbocycles. The Bertz CT molecular complexity index is 2720. The van der Waals surface area contributed by atoms with Gasteiger partial charge in [-0.15, -0.1) is 0 Å². The second kappa shape index (κ2) is 16.8. The third-order valence-corrected chi connectivity index (χ3v) is 13.0. The Balaban J connectivity index is 0.990. The average Bonchev–Trinajstić information content (AvgIpc) is 3.72. The summed E-state index contributed by atoms with van der Waals surface area (Å²) in [6.07, 6.45) is 10.2. The number of hydrogen-bond acceptors (Lipinski definition) is 9. The van der Waals surface area contributed by atoms with E-state index in [9.17, 15) is 24.3 Å². The topological polar surface area (TPSA) is 132 Å². The zero-order chi connectivity index (χ0) is 43.9. The molecule has 0 unspecified atom stereocenters. The van der Waals surface area contributed by atoms with E-state index in [-0.39, 0.29) is 35.8 Å². The number of carbonyl (C=O) groups excluding carboxylic acids is 4. The fourth-order valence-corrected chi connectivity index (χ4v) is 9.97. The van der Waals surface area contributed by atoms with E-state index in [1.54, 1.807) is 70.9 Å². The molecule has 1 N–H and O–H groups in total. The normalized spacial score (nSPS) is 22.9. The first-order valence-electron chi connectivity index (χ1n) is 20.9. The van der Waals surface area contributed by atoms with Crippen molar-refractivity contribution in [2.75, 3.05) is 38.2 Å². The van der Waals surface area contributed by atoms with Crippen LogP contribution in [0.25, 0.3) is 24.3 Å². The van der Waals surface area contributed by atoms with Gasteiger partial charge >= 0.3 is 0 Å². The summed E-state index contributed by atoms with van der Waals surface area (Å²) < 4.78 is 21.8. The Morgan fingerprint density at radius 2 is 1.06 bits per heavy atom. The first-order valence-corrected chi connectivity index (χ1v) is 20.9. The Labute approximate surface area is 365 Å². The summed E-state index contributed by atoms with van der Waals surface area (Å²) >= 11 is 0. The molecule has 11 heteroatoms. The van der Waals surface area contributed by atoms with Crippen LogP contribution in [0.5, 0.6) is 28.7 Å². The van der Waals surface area contributed by atoms with Crippen LogP contribution in [0.3, 0.4) is 0 Å². The van der Waals surface area contributed by atoms with Gasteiger partial charge in [0.25, 0.3) is 0 Å². The number of amides is 4. The third-order valence-electron chi connectivity index (χ3n) is 13.0. The van der Waals surface area contributed by atoms with Crippen molar-refractivity contribution >= 4 is 59.3 Å². The number of benzene rings is 5. The van der Waals surface area contributed by atoms with Crippen LogP contribution in [-0.2, 0) is 19.2 Å². The van der Waals surface area contributed by atoms with Gasteiger partial charge in [-0.25, -0.2) is 0 Å². The van der Waals surface area contributed by atoms with Gasteiger partial charge in [0, 0.05) is 17.0 Å². The number of nitrogens with zero attached hydrogens (tertiary/aromatic N) is 2. The van der Waals surface area contributed by atoms with Crippen molar-refractivity contribution in [3.05, 3.63) is 149 Å². The average molecular weight is 843 g/mol. The number of methoxy groups -OCH3 is 4. The fraction of sp³-hybridized carbons (Fsp3) is 0.231. The van der Waals surface area contributed by atoms with Gasteiger partial charge in [0.1, 0.15) is 28.7 Å². The second-order valence-corrected chi connectivity index (χ2v) is 16.2. The maximum atomic E-state index is 14.6. The van der Waals surface area contributed by atoms with Crippen molar-refractivity contribution in [2.45, 2.75) is 18.8 Å². The van der Waals surface area contributed by atoms with Gasteiger partial charge in [0.2, 0.25) is 23.6 Å². The number of hydrogen-bond donors (Lipinski definition) is 1. The van der Waals surface area contributed by atoms with Gasteiger partial charge in [0.15, 0.2) is 0 Å². The van der Waals surface area contributed by atoms with Crippen molar-refractivity contribution in [3.63, 3.8) is 0 Å². The monoisotopic (exact) mass is 842 g/mol. The highest BCUT2D eigenvalue weighted by molar-refractivity contribution is 6.24. The molecule has 0 spiro atoms. The molecule has 11 nitrogen and oxygen atoms in total. The van der Waals surface area contributed by atoms with E-state index in [1.807, 2.05) is 97.1 Å². The molecule has 318 valence electrons. The van der Waals surface area contributed by atoms with Gasteiger partial charge in [0.05, 0.1) is 63.5 Å². The third kappa shape index (κ3) is 7.33. The number of imide groups is 2. The van der Waals surface area contributed by atoms with Crippen molar-refractivity contribution in [1.82, 2.24) is 0 Å². The van der Waals surface area contributed by atoms with Gasteiger partial charge < -0.3 is 24.1 Å². The van der Waals surface area contributed by atoms with Crippen LogP contribution in [-0.4, -0.2) is 57.2 Å². The summed E-state index contributed by atoms with van der Waals surface area (Å²) in [6, 6.07) is 32.3. The van der Waals surface area contributed by atoms with Crippen molar-refractivity contribution < 1.29 is 43.2 Å². The van der Waals surface area contributed by atoms with Crippen LogP contribution in [0.2, 0.25) is 0 Å². The highest BCUT2D eigenvalue weighted by Gasteiger charge is 2.62. The lowest BCUT2D eigenvalue weighted by Crippen LogP contribution is -2.43. The van der Waals surface area contributed by atoms with Crippen molar-refractivity contribution in [3.8, 4) is 28.7 Å². The van der Waals surface area contributed by atoms with Crippen LogP contribution in [0.15, 0.2) is 121 Å². The van der Waals surface area contributed by atoms with Crippen molar-refractivity contribution in [1.29, 1.82) is 0 Å². The first-order chi connectivity index (χ1) is 30.6. The zero-order valence-electron chi connectivity index (χ0n) is 35.3. The number of fused-ring (bicyclic) bond motifs is 4. The van der Waals surface area contributed by atoms with E-state index in [0.29, 0.717) is 46.4 Å². The van der Waals surface area contributed by atoms with E-state index < -0.39 is 35.5 Å². The van der Waals surface area contributed by atoms with E-state index in [0.717, 1.165) is 27.8 Å². The summed E-state index contributed by atoms with van der Waals surface area (Å²) in [5, 5.41) is 10.6. The molecule has 0 bridgehead atoms. The van der Waals surface area contributed by atoms with E-state index in [4.69, 9.17) is 18.9 Å². The molecule has 2 aliphatic carbocycles. The smallest absolute Gasteiger partial charge is 0.238 e. The summed E-state index contributed by atoms with van der Waals surface area (Å²) in [7, 11) is 6.42. The minimum Gasteiger partial charge on any atom is -0.508 e. The number of carbonyl (C=O) groups is 4. The highest BCUT2D eigenvalue weighted by atomic mass is 16.5. The Hall–Kier alpha value is -7.40. The molecule has 9 rings (SSSR count). The van der Waals surface area contributed by atoms with Crippen LogP contribution in [0, 0.1) is 29.6 Å². The molecule has 5 aromatic rings. The number of phenols is 1. The molecule has 3 fully saturated rings. The molecule has 2 aliphatic heterocycles. The SMILES string of the molecule is COc1ccc(OC)c(C=Cc2ccc(N3C(=O)[C@H]4[C@H](CC=C5[C@H]4C[C@H]4C(=O)N(c6ccc(C=Cc7cc(OC)ccc7OC)cc6)C(=O)[C@H]4[C@H]5c4cccc(O)c4)C3=O)cc2)c1. The lowest BCUT2D eigenvalue weighted by molar-refractivity contribution is -0.126. The number of phenolic OH excluding ortho intramolecular Hbond substituents is 1. The van der Waals surface area contributed by atoms with Gasteiger partial charge in [-0.1, -0.05) is 72.4 Å². The van der Waals surface area contributed by atoms with E-state index in [1.165, 1.54) is 9.80 Å². The first kappa shape index (κ1) is 41.0. The predicted molar refractivity (Wildman–Crippen MR) is 240 cm³/mol. The maximum Gasteiger partial charge on any atom is 0.238 e. The minimum atomic E-state index is -0.765. The fourth-order valence-electron chi connectivity index (χ4n) is 9.97. The maximum absolute atomic E-state index is 14.6. The summed E-state index contributed by atoms with van der Waals surface area (Å²) in [4.78, 5) is 60.6. The zero-order valence-corrected chi connectivity index (χ0v) is 35.3. The summed E-state index contributed by atoms with van der Waals surface area (Å²) in [5.41, 5.74) is 5.80. The van der Waals surface area contributed by atoms with Crippen LogP contribution >= 0.6 is 0 Å². The second-order valence-electron chi connectivity index (χ2n) is 16.2. The van der Waals surface area contributed by atoms with Crippen molar-refractivity contribution in [2.24, 2.45) is 29.6 Å². The Morgan fingerprint density at radius 3 is 1.57 bits per heavy atom. The lowest BCUT2D eigenvalue weighted by Gasteiger charge is -2.44. The molecule has 1 saturated carbocycles. The number of rotatable bonds is 11. The quantitative estimate of drug-likeness (QED) is 0.0788. The standard InChI is InChI=1S/C52H46N2O9/c1-60-38-20-24-44(62-3)32(27-38)14-8-30-10-16-35(17-11-30)53-49(56)41-23-22-40-42(47(41)51(53)58)29-43-48(46(40)34-6-5-7-37(55)26-34)52(59)54(50(43)57)36-18-12-31(13-19-36)9-15-33-28-39(61-2)21-25-45(33)63-4/h5-22,24-28,41-43,46-48,55H,23,29H2,1-4H3/t41-,42+,43+,46-,47-,48+/m0/s1. The largest absolute Gasteiger partial charge is 0.508 e. The van der Waals surface area contributed by atoms with Crippen LogP contribution in [0.1, 0.15) is 46.6 Å². The summed E-state index contributed by atoms with van der Waals surface area (Å²) in [6.45, 7) is 0. The van der Waals surface area contributed by atoms with E-state index >= 15 is 0 Å². The van der Waals surface area contributed by atoms with Crippen LogP contribution in [0.4, 0.5) is 11.4 Å². The van der Waals surface area contributed by atoms with E-state index in [2.05, 4.69) is 0 Å². The summed E-state index contributed by atoms with van der Waals surface area (Å²) in [5.74, 6) is -2.40. The van der Waals surface area contributed by atoms with Gasteiger partial charge in [-0.2, -0.15) is 0 Å². The Kier molecular flexibility index (Phi) is 10.9. The highest BCUT2D eigenvalue weighted by Crippen LogP contribution is 2.58.